The minimum atomic E-state index is -3.80. The summed E-state index contributed by atoms with van der Waals surface area (Å²) in [5.74, 6) is 1.21. The summed E-state index contributed by atoms with van der Waals surface area (Å²) in [5.41, 5.74) is 3.00. The number of ether oxygens (including phenoxy) is 2. The van der Waals surface area contributed by atoms with Gasteiger partial charge in [0.05, 0.1) is 5.52 Å². The van der Waals surface area contributed by atoms with E-state index < -0.39 is 16.1 Å². The molecule has 0 aliphatic carbocycles. The molecule has 3 N–H and O–H groups in total. The average Bonchev–Trinajstić information content (AvgIpc) is 3.02. The van der Waals surface area contributed by atoms with Gasteiger partial charge in [0.25, 0.3) is 10.0 Å². The molecule has 8 nitrogen and oxygen atoms in total. The molecule has 5 aromatic rings. The summed E-state index contributed by atoms with van der Waals surface area (Å²) in [4.78, 5) is 4.39. The van der Waals surface area contributed by atoms with Crippen LogP contribution in [-0.4, -0.2) is 44.3 Å². The molecular formula is C33H33N3O5S. The van der Waals surface area contributed by atoms with Crippen LogP contribution in [0.4, 0.5) is 5.69 Å². The highest BCUT2D eigenvalue weighted by atomic mass is 32.2. The third kappa shape index (κ3) is 7.85. The maximum atomic E-state index is 13.0. The van der Waals surface area contributed by atoms with Crippen molar-refractivity contribution in [2.45, 2.75) is 24.0 Å². The number of nitrogens with one attached hydrogen (secondary N) is 2. The Hall–Kier alpha value is -4.44. The lowest BCUT2D eigenvalue weighted by Gasteiger charge is -2.16. The van der Waals surface area contributed by atoms with Crippen molar-refractivity contribution in [3.05, 3.63) is 127 Å². The first-order valence-corrected chi connectivity index (χ1v) is 15.2. The molecule has 0 fully saturated rings. The van der Waals surface area contributed by atoms with Crippen LogP contribution in [0.1, 0.15) is 11.1 Å². The van der Waals surface area contributed by atoms with E-state index in [1.807, 2.05) is 78.9 Å². The fourth-order valence-corrected chi connectivity index (χ4v) is 5.65. The Kier molecular flexibility index (Phi) is 9.66. The molecule has 9 heteroatoms. The third-order valence-electron chi connectivity index (χ3n) is 6.58. The molecule has 0 saturated heterocycles. The largest absolute Gasteiger partial charge is 0.487 e. The zero-order chi connectivity index (χ0) is 29.2. The number of benzene rings is 4. The highest BCUT2D eigenvalue weighted by molar-refractivity contribution is 7.93. The Morgan fingerprint density at radius 2 is 1.48 bits per heavy atom. The average molecular weight is 584 g/mol. The Labute approximate surface area is 246 Å². The Balaban J connectivity index is 1.05. The lowest BCUT2D eigenvalue weighted by molar-refractivity contribution is 0.104. The first kappa shape index (κ1) is 29.1. The zero-order valence-corrected chi connectivity index (χ0v) is 23.8. The fraction of sp³-hybridized carbons (Fsp3) is 0.182. The number of rotatable bonds is 14. The van der Waals surface area contributed by atoms with Crippen molar-refractivity contribution in [1.29, 1.82) is 0 Å². The summed E-state index contributed by atoms with van der Waals surface area (Å²) in [6.07, 6.45) is 1.59. The van der Waals surface area contributed by atoms with Crippen molar-refractivity contribution in [2.75, 3.05) is 24.4 Å². The molecule has 0 amide bonds. The number of pyridine rings is 1. The Morgan fingerprint density at radius 1 is 0.762 bits per heavy atom. The van der Waals surface area contributed by atoms with Gasteiger partial charge >= 0.3 is 0 Å². The Morgan fingerprint density at radius 3 is 2.26 bits per heavy atom. The van der Waals surface area contributed by atoms with Gasteiger partial charge in [-0.2, -0.15) is 0 Å². The summed E-state index contributed by atoms with van der Waals surface area (Å²) >= 11 is 0. The van der Waals surface area contributed by atoms with E-state index >= 15 is 0 Å². The van der Waals surface area contributed by atoms with Crippen molar-refractivity contribution in [1.82, 2.24) is 10.3 Å². The molecule has 5 rings (SSSR count). The number of fused-ring (bicyclic) bond motifs is 1. The zero-order valence-electron chi connectivity index (χ0n) is 23.0. The number of sulfonamides is 1. The lowest BCUT2D eigenvalue weighted by Crippen LogP contribution is -2.32. The molecule has 0 aliphatic rings. The number of hydrogen-bond acceptors (Lipinski definition) is 7. The van der Waals surface area contributed by atoms with E-state index in [2.05, 4.69) is 15.0 Å². The number of aliphatic hydroxyl groups excluding tert-OH is 1. The first-order chi connectivity index (χ1) is 20.5. The minimum Gasteiger partial charge on any atom is -0.487 e. The molecule has 0 aliphatic heterocycles. The van der Waals surface area contributed by atoms with Crippen LogP contribution in [-0.2, 0) is 23.1 Å². The van der Waals surface area contributed by atoms with Gasteiger partial charge in [0.2, 0.25) is 0 Å². The van der Waals surface area contributed by atoms with Gasteiger partial charge in [-0.1, -0.05) is 72.8 Å². The van der Waals surface area contributed by atoms with Crippen molar-refractivity contribution in [3.8, 4) is 11.5 Å². The number of aliphatic hydroxyl groups is 1. The fourth-order valence-electron chi connectivity index (χ4n) is 4.41. The SMILES string of the molecule is O=S(=O)(Nc1ccc(CCNCC(O)COc2ccccc2OCc2ccccc2)cc1)c1cccc2cccnc12. The summed E-state index contributed by atoms with van der Waals surface area (Å²) in [5, 5.41) is 14.4. The molecule has 0 bridgehead atoms. The van der Waals surface area contributed by atoms with E-state index in [1.54, 1.807) is 36.5 Å². The standard InChI is InChI=1S/C33H33N3O5S/c37-29(24-41-31-13-5-4-12-30(31)40-23-26-8-2-1-3-9-26)22-34-21-19-25-15-17-28(18-16-25)36-42(38,39)32-14-6-10-27-11-7-20-35-33(27)32/h1-18,20,29,34,36-37H,19,21-24H2. The quantitative estimate of drug-likeness (QED) is 0.154. The predicted octanol–water partition coefficient (Wildman–Crippen LogP) is 5.19. The topological polar surface area (TPSA) is 110 Å². The molecule has 42 heavy (non-hydrogen) atoms. The van der Waals surface area contributed by atoms with Crippen LogP contribution in [0.5, 0.6) is 11.5 Å². The van der Waals surface area contributed by atoms with Crippen LogP contribution < -0.4 is 19.5 Å². The van der Waals surface area contributed by atoms with Gasteiger partial charge < -0.3 is 19.9 Å². The summed E-state index contributed by atoms with van der Waals surface area (Å²) < 4.78 is 40.4. The third-order valence-corrected chi connectivity index (χ3v) is 7.99. The highest BCUT2D eigenvalue weighted by Crippen LogP contribution is 2.27. The molecule has 216 valence electrons. The molecular weight excluding hydrogens is 550 g/mol. The maximum absolute atomic E-state index is 13.0. The van der Waals surface area contributed by atoms with Gasteiger partial charge in [-0.15, -0.1) is 0 Å². The van der Waals surface area contributed by atoms with Gasteiger partial charge in [-0.25, -0.2) is 8.42 Å². The van der Waals surface area contributed by atoms with Gasteiger partial charge in [-0.3, -0.25) is 9.71 Å². The van der Waals surface area contributed by atoms with E-state index in [4.69, 9.17) is 9.47 Å². The molecule has 4 aromatic carbocycles. The van der Waals surface area contributed by atoms with Crippen molar-refractivity contribution in [2.24, 2.45) is 0 Å². The van der Waals surface area contributed by atoms with Gasteiger partial charge in [0.1, 0.15) is 24.2 Å². The summed E-state index contributed by atoms with van der Waals surface area (Å²) in [7, 11) is -3.80. The van der Waals surface area contributed by atoms with Crippen molar-refractivity contribution >= 4 is 26.6 Å². The van der Waals surface area contributed by atoms with E-state index in [9.17, 15) is 13.5 Å². The van der Waals surface area contributed by atoms with E-state index in [0.29, 0.717) is 48.8 Å². The lowest BCUT2D eigenvalue weighted by atomic mass is 10.1. The van der Waals surface area contributed by atoms with Gasteiger partial charge in [0, 0.05) is 23.8 Å². The molecule has 1 aromatic heterocycles. The van der Waals surface area contributed by atoms with Crippen LogP contribution in [0.25, 0.3) is 10.9 Å². The van der Waals surface area contributed by atoms with E-state index in [1.165, 1.54) is 0 Å². The van der Waals surface area contributed by atoms with E-state index in [-0.39, 0.29) is 11.5 Å². The normalized spacial score (nSPS) is 12.1. The highest BCUT2D eigenvalue weighted by Gasteiger charge is 2.18. The second-order valence-corrected chi connectivity index (χ2v) is 11.4. The number of anilines is 1. The molecule has 1 heterocycles. The number of hydrogen-bond donors (Lipinski definition) is 3. The van der Waals surface area contributed by atoms with Gasteiger partial charge in [0.15, 0.2) is 11.5 Å². The first-order valence-electron chi connectivity index (χ1n) is 13.7. The Bertz CT molecular complexity index is 1690. The van der Waals surface area contributed by atoms with E-state index in [0.717, 1.165) is 16.5 Å². The van der Waals surface area contributed by atoms with Crippen LogP contribution in [0, 0.1) is 0 Å². The van der Waals surface area contributed by atoms with Crippen LogP contribution in [0.15, 0.2) is 120 Å². The molecule has 1 unspecified atom stereocenters. The number of nitrogens with zero attached hydrogens (tertiary/aromatic N) is 1. The molecule has 0 radical (unpaired) electrons. The summed E-state index contributed by atoms with van der Waals surface area (Å²) in [6, 6.07) is 33.3. The van der Waals surface area contributed by atoms with Crippen molar-refractivity contribution < 1.29 is 23.0 Å². The molecule has 0 saturated carbocycles. The predicted molar refractivity (Wildman–Crippen MR) is 164 cm³/mol. The maximum Gasteiger partial charge on any atom is 0.264 e. The molecule has 1 atom stereocenters. The van der Waals surface area contributed by atoms with Crippen LogP contribution in [0.3, 0.4) is 0 Å². The monoisotopic (exact) mass is 583 g/mol. The second kappa shape index (κ2) is 14.0. The number of para-hydroxylation sites is 3. The molecule has 0 spiro atoms. The second-order valence-electron chi connectivity index (χ2n) is 9.77. The number of aromatic nitrogens is 1. The smallest absolute Gasteiger partial charge is 0.264 e. The minimum absolute atomic E-state index is 0.125. The summed E-state index contributed by atoms with van der Waals surface area (Å²) in [6.45, 7) is 1.56. The van der Waals surface area contributed by atoms with Crippen molar-refractivity contribution in [3.63, 3.8) is 0 Å². The van der Waals surface area contributed by atoms with Crippen LogP contribution in [0.2, 0.25) is 0 Å². The van der Waals surface area contributed by atoms with Gasteiger partial charge in [-0.05, 0) is 60.5 Å². The van der Waals surface area contributed by atoms with Crippen LogP contribution >= 0.6 is 0 Å².